The first-order valence-corrected chi connectivity index (χ1v) is 8.67. The highest BCUT2D eigenvalue weighted by Gasteiger charge is 2.27. The molecule has 130 valence electrons. The molecule has 1 unspecified atom stereocenters. The minimum atomic E-state index is 0.0881. The number of rotatable bonds is 6. The summed E-state index contributed by atoms with van der Waals surface area (Å²) in [6, 6.07) is 0. The molecule has 0 spiro atoms. The van der Waals surface area contributed by atoms with Gasteiger partial charge in [-0.3, -0.25) is 4.79 Å². The minimum Gasteiger partial charge on any atom is -0.354 e. The van der Waals surface area contributed by atoms with Crippen molar-refractivity contribution < 1.29 is 4.79 Å². The molecule has 0 aliphatic carbocycles. The van der Waals surface area contributed by atoms with Gasteiger partial charge in [0.2, 0.25) is 5.91 Å². The molecule has 3 rings (SSSR count). The summed E-state index contributed by atoms with van der Waals surface area (Å²) in [6.07, 6.45) is 5.08. The summed E-state index contributed by atoms with van der Waals surface area (Å²) in [4.78, 5) is 23.1. The van der Waals surface area contributed by atoms with Crippen LogP contribution in [0, 0.1) is 5.92 Å². The first kappa shape index (κ1) is 16.8. The Hall–Kier alpha value is -2.02. The number of carbonyl (C=O) groups excluding carboxylic acids is 1. The van der Waals surface area contributed by atoms with Crippen LogP contribution in [0.25, 0.3) is 11.2 Å². The summed E-state index contributed by atoms with van der Waals surface area (Å²) in [7, 11) is 2.13. The summed E-state index contributed by atoms with van der Waals surface area (Å²) >= 11 is 0. The molecule has 0 aromatic carbocycles. The van der Waals surface area contributed by atoms with E-state index in [1.165, 1.54) is 0 Å². The van der Waals surface area contributed by atoms with E-state index in [0.29, 0.717) is 31.3 Å². The number of likely N-dealkylation sites (tertiary alicyclic amines) is 1. The van der Waals surface area contributed by atoms with Crippen molar-refractivity contribution in [1.82, 2.24) is 30.0 Å². The second-order valence-electron chi connectivity index (χ2n) is 7.03. The van der Waals surface area contributed by atoms with Crippen molar-refractivity contribution >= 4 is 17.1 Å². The van der Waals surface area contributed by atoms with E-state index in [1.807, 2.05) is 18.5 Å². The number of fused-ring (bicyclic) bond motifs is 1. The molecule has 0 bridgehead atoms. The molecule has 1 amide bonds. The summed E-state index contributed by atoms with van der Waals surface area (Å²) in [6.45, 7) is 7.35. The lowest BCUT2D eigenvalue weighted by molar-refractivity contribution is -0.121. The second-order valence-corrected chi connectivity index (χ2v) is 7.03. The molecule has 1 aliphatic rings. The molecule has 0 radical (unpaired) electrons. The molecule has 0 saturated carbocycles. The zero-order chi connectivity index (χ0) is 17.1. The van der Waals surface area contributed by atoms with Gasteiger partial charge in [0, 0.05) is 37.8 Å². The summed E-state index contributed by atoms with van der Waals surface area (Å²) in [5, 5.41) is 7.73. The maximum absolute atomic E-state index is 11.8. The topological polar surface area (TPSA) is 75.9 Å². The van der Waals surface area contributed by atoms with Gasteiger partial charge in [0.05, 0.1) is 12.2 Å². The predicted molar refractivity (Wildman–Crippen MR) is 92.6 cm³/mol. The first-order valence-electron chi connectivity index (χ1n) is 8.67. The molecule has 2 aromatic rings. The van der Waals surface area contributed by atoms with Gasteiger partial charge in [-0.05, 0) is 25.9 Å². The van der Waals surface area contributed by atoms with Gasteiger partial charge in [0.1, 0.15) is 5.52 Å². The van der Waals surface area contributed by atoms with Crippen LogP contribution in [0.2, 0.25) is 0 Å². The normalized spacial score (nSPS) is 18.6. The SMILES string of the molecule is CC(C)CC(=O)NCCn1nc(C2CCN(C)C2)c2nccnc21. The van der Waals surface area contributed by atoms with E-state index < -0.39 is 0 Å². The quantitative estimate of drug-likeness (QED) is 0.866. The Balaban J connectivity index is 1.73. The van der Waals surface area contributed by atoms with E-state index in [1.54, 1.807) is 12.4 Å². The number of amides is 1. The van der Waals surface area contributed by atoms with Crippen molar-refractivity contribution in [2.45, 2.75) is 39.2 Å². The van der Waals surface area contributed by atoms with Gasteiger partial charge >= 0.3 is 0 Å². The van der Waals surface area contributed by atoms with Crippen LogP contribution in [0.4, 0.5) is 0 Å². The van der Waals surface area contributed by atoms with Crippen LogP contribution >= 0.6 is 0 Å². The number of hydrogen-bond donors (Lipinski definition) is 1. The van der Waals surface area contributed by atoms with Crippen LogP contribution < -0.4 is 5.32 Å². The number of hydrogen-bond acceptors (Lipinski definition) is 5. The highest BCUT2D eigenvalue weighted by atomic mass is 16.1. The second kappa shape index (κ2) is 7.25. The molecule has 7 nitrogen and oxygen atoms in total. The number of likely N-dealkylation sites (N-methyl/N-ethyl adjacent to an activating group) is 1. The van der Waals surface area contributed by atoms with Crippen molar-refractivity contribution in [3.05, 3.63) is 18.1 Å². The average Bonchev–Trinajstić information content (AvgIpc) is 3.11. The maximum Gasteiger partial charge on any atom is 0.220 e. The van der Waals surface area contributed by atoms with Gasteiger partial charge in [-0.2, -0.15) is 5.10 Å². The van der Waals surface area contributed by atoms with E-state index >= 15 is 0 Å². The van der Waals surface area contributed by atoms with Crippen molar-refractivity contribution in [3.8, 4) is 0 Å². The Kier molecular flexibility index (Phi) is 5.08. The Morgan fingerprint density at radius 3 is 2.88 bits per heavy atom. The summed E-state index contributed by atoms with van der Waals surface area (Å²) < 4.78 is 1.88. The van der Waals surface area contributed by atoms with Crippen LogP contribution in [-0.4, -0.2) is 57.2 Å². The molecular weight excluding hydrogens is 304 g/mol. The zero-order valence-electron chi connectivity index (χ0n) is 14.7. The van der Waals surface area contributed by atoms with E-state index in [9.17, 15) is 4.79 Å². The average molecular weight is 330 g/mol. The lowest BCUT2D eigenvalue weighted by Gasteiger charge is -2.08. The fourth-order valence-corrected chi connectivity index (χ4v) is 3.26. The highest BCUT2D eigenvalue weighted by Crippen LogP contribution is 2.29. The first-order chi connectivity index (χ1) is 11.5. The molecule has 3 heterocycles. The maximum atomic E-state index is 11.8. The van der Waals surface area contributed by atoms with Gasteiger partial charge in [-0.1, -0.05) is 13.8 Å². The number of carbonyl (C=O) groups is 1. The van der Waals surface area contributed by atoms with Gasteiger partial charge in [0.25, 0.3) is 0 Å². The van der Waals surface area contributed by atoms with Crippen LogP contribution in [0.5, 0.6) is 0 Å². The fourth-order valence-electron chi connectivity index (χ4n) is 3.26. The molecule has 1 aliphatic heterocycles. The standard InChI is InChI=1S/C17H26N6O/c1-12(2)10-14(24)18-7-9-23-17-16(19-5-6-20-17)15(21-23)13-4-8-22(3)11-13/h5-6,12-13H,4,7-11H2,1-3H3,(H,18,24). The van der Waals surface area contributed by atoms with E-state index in [2.05, 4.69) is 27.2 Å². The third-order valence-corrected chi connectivity index (χ3v) is 4.41. The Morgan fingerprint density at radius 2 is 2.17 bits per heavy atom. The van der Waals surface area contributed by atoms with Crippen LogP contribution in [0.15, 0.2) is 12.4 Å². The molecule has 7 heteroatoms. The third-order valence-electron chi connectivity index (χ3n) is 4.41. The fraction of sp³-hybridized carbons (Fsp3) is 0.647. The molecule has 1 saturated heterocycles. The predicted octanol–water partition coefficient (Wildman–Crippen LogP) is 1.41. The van der Waals surface area contributed by atoms with Crippen molar-refractivity contribution in [1.29, 1.82) is 0 Å². The molecule has 1 atom stereocenters. The lowest BCUT2D eigenvalue weighted by Crippen LogP contribution is -2.28. The van der Waals surface area contributed by atoms with Crippen LogP contribution in [-0.2, 0) is 11.3 Å². The van der Waals surface area contributed by atoms with Crippen LogP contribution in [0.1, 0.15) is 38.3 Å². The molecular formula is C17H26N6O. The summed E-state index contributed by atoms with van der Waals surface area (Å²) in [5.41, 5.74) is 2.74. The molecule has 24 heavy (non-hydrogen) atoms. The van der Waals surface area contributed by atoms with Crippen molar-refractivity contribution in [3.63, 3.8) is 0 Å². The number of nitrogens with one attached hydrogen (secondary N) is 1. The molecule has 2 aromatic heterocycles. The van der Waals surface area contributed by atoms with E-state index in [0.717, 1.165) is 36.4 Å². The Labute approximate surface area is 142 Å². The van der Waals surface area contributed by atoms with E-state index in [4.69, 9.17) is 5.10 Å². The monoisotopic (exact) mass is 330 g/mol. The Morgan fingerprint density at radius 1 is 1.38 bits per heavy atom. The largest absolute Gasteiger partial charge is 0.354 e. The van der Waals surface area contributed by atoms with E-state index in [-0.39, 0.29) is 5.91 Å². The molecule has 1 fully saturated rings. The van der Waals surface area contributed by atoms with Gasteiger partial charge in [-0.15, -0.1) is 0 Å². The van der Waals surface area contributed by atoms with Crippen molar-refractivity contribution in [2.75, 3.05) is 26.7 Å². The lowest BCUT2D eigenvalue weighted by atomic mass is 10.0. The molecule has 1 N–H and O–H groups in total. The van der Waals surface area contributed by atoms with Crippen LogP contribution in [0.3, 0.4) is 0 Å². The van der Waals surface area contributed by atoms with Crippen molar-refractivity contribution in [2.24, 2.45) is 5.92 Å². The smallest absolute Gasteiger partial charge is 0.220 e. The summed E-state index contributed by atoms with van der Waals surface area (Å²) in [5.74, 6) is 0.864. The zero-order valence-corrected chi connectivity index (χ0v) is 14.7. The highest BCUT2D eigenvalue weighted by molar-refractivity contribution is 5.76. The number of aromatic nitrogens is 4. The van der Waals surface area contributed by atoms with Gasteiger partial charge in [-0.25, -0.2) is 14.6 Å². The number of nitrogens with zero attached hydrogens (tertiary/aromatic N) is 5. The third kappa shape index (κ3) is 3.72. The van der Waals surface area contributed by atoms with Gasteiger partial charge < -0.3 is 10.2 Å². The minimum absolute atomic E-state index is 0.0881. The Bertz CT molecular complexity index is 710. The van der Waals surface area contributed by atoms with Gasteiger partial charge in [0.15, 0.2) is 5.65 Å².